The van der Waals surface area contributed by atoms with Crippen LogP contribution < -0.4 is 5.73 Å². The Kier molecular flexibility index (Phi) is 3.04. The topological polar surface area (TPSA) is 66.5 Å². The van der Waals surface area contributed by atoms with Gasteiger partial charge in [0.1, 0.15) is 0 Å². The van der Waals surface area contributed by atoms with E-state index in [2.05, 4.69) is 32.1 Å². The maximum absolute atomic E-state index is 10.4. The summed E-state index contributed by atoms with van der Waals surface area (Å²) in [4.78, 5) is 0. The Labute approximate surface area is 132 Å². The lowest BCUT2D eigenvalue weighted by molar-refractivity contribution is -0.0500. The third-order valence-corrected chi connectivity index (χ3v) is 7.21. The van der Waals surface area contributed by atoms with Crippen molar-refractivity contribution in [1.29, 1.82) is 0 Å². The molecule has 22 heavy (non-hydrogen) atoms. The van der Waals surface area contributed by atoms with E-state index < -0.39 is 0 Å². The second kappa shape index (κ2) is 4.56. The van der Waals surface area contributed by atoms with Gasteiger partial charge in [0.2, 0.25) is 0 Å². The molecule has 0 bridgehead atoms. The lowest BCUT2D eigenvalue weighted by atomic mass is 9.48. The fraction of sp³-hybridized carbons (Fsp3) is 0.684. The summed E-state index contributed by atoms with van der Waals surface area (Å²) in [5.41, 5.74) is 7.83. The SMILES string of the molecule is C[C@]12C=CC(O)CC1=CC(N)[C@@H]1[C@H]2CC[C@]2(C)C(O)C=C[C@@H]12. The highest BCUT2D eigenvalue weighted by atomic mass is 16.3. The number of fused-ring (bicyclic) bond motifs is 5. The van der Waals surface area contributed by atoms with E-state index >= 15 is 0 Å². The Balaban J connectivity index is 1.78. The van der Waals surface area contributed by atoms with Crippen molar-refractivity contribution in [2.24, 2.45) is 34.3 Å². The molecule has 8 atom stereocenters. The maximum atomic E-state index is 10.4. The van der Waals surface area contributed by atoms with Crippen molar-refractivity contribution >= 4 is 0 Å². The average Bonchev–Trinajstić information content (AvgIpc) is 2.77. The number of rotatable bonds is 0. The molecule has 3 nitrogen and oxygen atoms in total. The molecule has 4 N–H and O–H groups in total. The molecule has 1 fully saturated rings. The van der Waals surface area contributed by atoms with Crippen molar-refractivity contribution in [2.45, 2.75) is 51.4 Å². The molecule has 0 saturated heterocycles. The van der Waals surface area contributed by atoms with Crippen molar-refractivity contribution < 1.29 is 10.2 Å². The molecule has 0 aromatic rings. The minimum absolute atomic E-state index is 0.0163. The predicted molar refractivity (Wildman–Crippen MR) is 86.9 cm³/mol. The van der Waals surface area contributed by atoms with Crippen molar-refractivity contribution in [3.63, 3.8) is 0 Å². The second-order valence-corrected chi connectivity index (χ2v) is 8.27. The van der Waals surface area contributed by atoms with Gasteiger partial charge in [-0.25, -0.2) is 0 Å². The summed E-state index contributed by atoms with van der Waals surface area (Å²) in [5.74, 6) is 1.23. The highest BCUT2D eigenvalue weighted by Crippen LogP contribution is 2.62. The Morgan fingerprint density at radius 2 is 1.95 bits per heavy atom. The van der Waals surface area contributed by atoms with E-state index in [-0.39, 0.29) is 29.1 Å². The van der Waals surface area contributed by atoms with Crippen molar-refractivity contribution in [2.75, 3.05) is 0 Å². The molecule has 1 saturated carbocycles. The number of aliphatic hydroxyl groups is 2. The lowest BCUT2D eigenvalue weighted by Gasteiger charge is -2.57. The molecular formula is C19H27NO2. The van der Waals surface area contributed by atoms with Crippen molar-refractivity contribution in [3.8, 4) is 0 Å². The minimum Gasteiger partial charge on any atom is -0.389 e. The zero-order chi connectivity index (χ0) is 15.7. The summed E-state index contributed by atoms with van der Waals surface area (Å²) in [7, 11) is 0. The number of allylic oxidation sites excluding steroid dienone is 2. The lowest BCUT2D eigenvalue weighted by Crippen LogP contribution is -2.56. The van der Waals surface area contributed by atoms with Crippen LogP contribution in [0, 0.1) is 28.6 Å². The first-order chi connectivity index (χ1) is 10.4. The second-order valence-electron chi connectivity index (χ2n) is 8.27. The summed E-state index contributed by atoms with van der Waals surface area (Å²) in [6.45, 7) is 4.52. The average molecular weight is 301 g/mol. The molecule has 0 aromatic heterocycles. The van der Waals surface area contributed by atoms with Gasteiger partial charge in [-0.05, 0) is 37.0 Å². The third-order valence-electron chi connectivity index (χ3n) is 7.21. The Bertz CT molecular complexity index is 580. The molecule has 4 aliphatic carbocycles. The first-order valence-corrected chi connectivity index (χ1v) is 8.57. The van der Waals surface area contributed by atoms with Crippen LogP contribution in [0.15, 0.2) is 36.0 Å². The third kappa shape index (κ3) is 1.73. The van der Waals surface area contributed by atoms with Crippen LogP contribution in [0.2, 0.25) is 0 Å². The summed E-state index contributed by atoms with van der Waals surface area (Å²) in [5, 5.41) is 20.4. The minimum atomic E-state index is -0.370. The van der Waals surface area contributed by atoms with Crippen LogP contribution in [0.5, 0.6) is 0 Å². The van der Waals surface area contributed by atoms with Crippen LogP contribution in [0.1, 0.15) is 33.1 Å². The van der Waals surface area contributed by atoms with Gasteiger partial charge in [0.25, 0.3) is 0 Å². The van der Waals surface area contributed by atoms with Crippen LogP contribution in [0.4, 0.5) is 0 Å². The predicted octanol–water partition coefficient (Wildman–Crippen LogP) is 2.16. The Hall–Kier alpha value is -0.900. The molecule has 0 radical (unpaired) electrons. The fourth-order valence-corrected chi connectivity index (χ4v) is 5.74. The molecule has 120 valence electrons. The van der Waals surface area contributed by atoms with Crippen LogP contribution >= 0.6 is 0 Å². The molecule has 0 aromatic carbocycles. The van der Waals surface area contributed by atoms with Gasteiger partial charge >= 0.3 is 0 Å². The van der Waals surface area contributed by atoms with E-state index in [1.54, 1.807) is 0 Å². The summed E-state index contributed by atoms with van der Waals surface area (Å²) < 4.78 is 0. The zero-order valence-corrected chi connectivity index (χ0v) is 13.4. The van der Waals surface area contributed by atoms with Gasteiger partial charge in [-0.3, -0.25) is 0 Å². The van der Waals surface area contributed by atoms with Crippen LogP contribution in [-0.2, 0) is 0 Å². The molecule has 0 amide bonds. The molecule has 0 heterocycles. The molecule has 3 heteroatoms. The normalized spacial score (nSPS) is 56.1. The summed E-state index contributed by atoms with van der Waals surface area (Å²) >= 11 is 0. The molecule has 0 spiro atoms. The zero-order valence-electron chi connectivity index (χ0n) is 13.4. The number of nitrogens with two attached hydrogens (primary N) is 1. The fourth-order valence-electron chi connectivity index (χ4n) is 5.74. The molecule has 4 rings (SSSR count). The number of hydrogen-bond acceptors (Lipinski definition) is 3. The van der Waals surface area contributed by atoms with E-state index in [1.807, 2.05) is 12.2 Å². The standard InChI is InChI=1S/C19H27NO2/c1-18-7-5-12(21)9-11(18)10-15(20)17-13-3-4-16(22)19(13,2)8-6-14(17)18/h3-5,7,10,12-17,21-22H,6,8-9,20H2,1-2H3/t12?,13-,14+,15?,16?,17-,18-,19-/m0/s1. The quantitative estimate of drug-likeness (QED) is 0.601. The summed E-state index contributed by atoms with van der Waals surface area (Å²) in [6, 6.07) is 0.0198. The monoisotopic (exact) mass is 301 g/mol. The molecular weight excluding hydrogens is 274 g/mol. The number of hydrogen-bond donors (Lipinski definition) is 3. The van der Waals surface area contributed by atoms with Gasteiger partial charge in [0, 0.05) is 16.9 Å². The van der Waals surface area contributed by atoms with Crippen LogP contribution in [0.3, 0.4) is 0 Å². The van der Waals surface area contributed by atoms with Gasteiger partial charge in [0.15, 0.2) is 0 Å². The van der Waals surface area contributed by atoms with E-state index in [4.69, 9.17) is 5.73 Å². The highest BCUT2D eigenvalue weighted by molar-refractivity contribution is 5.36. The van der Waals surface area contributed by atoms with Gasteiger partial charge < -0.3 is 15.9 Å². The van der Waals surface area contributed by atoms with E-state index in [0.29, 0.717) is 24.2 Å². The maximum Gasteiger partial charge on any atom is 0.0780 e. The Morgan fingerprint density at radius 3 is 2.73 bits per heavy atom. The van der Waals surface area contributed by atoms with Crippen molar-refractivity contribution in [1.82, 2.24) is 0 Å². The molecule has 3 unspecified atom stereocenters. The van der Waals surface area contributed by atoms with Gasteiger partial charge in [-0.15, -0.1) is 0 Å². The van der Waals surface area contributed by atoms with Gasteiger partial charge in [-0.2, -0.15) is 0 Å². The highest BCUT2D eigenvalue weighted by Gasteiger charge is 2.58. The van der Waals surface area contributed by atoms with E-state index in [9.17, 15) is 10.2 Å². The number of aliphatic hydroxyl groups excluding tert-OH is 2. The van der Waals surface area contributed by atoms with E-state index in [1.165, 1.54) is 5.57 Å². The first-order valence-electron chi connectivity index (χ1n) is 8.57. The molecule has 0 aliphatic heterocycles. The van der Waals surface area contributed by atoms with Crippen LogP contribution in [0.25, 0.3) is 0 Å². The van der Waals surface area contributed by atoms with Crippen molar-refractivity contribution in [3.05, 3.63) is 36.0 Å². The van der Waals surface area contributed by atoms with Gasteiger partial charge in [-0.1, -0.05) is 49.8 Å². The molecule has 4 aliphatic rings. The van der Waals surface area contributed by atoms with Crippen LogP contribution in [-0.4, -0.2) is 28.5 Å². The van der Waals surface area contributed by atoms with Gasteiger partial charge in [0.05, 0.1) is 12.2 Å². The smallest absolute Gasteiger partial charge is 0.0780 e. The summed E-state index contributed by atoms with van der Waals surface area (Å²) in [6.07, 6.45) is 12.7. The first kappa shape index (κ1) is 14.7. The Morgan fingerprint density at radius 1 is 1.18 bits per heavy atom. The van der Waals surface area contributed by atoms with E-state index in [0.717, 1.165) is 12.8 Å². The largest absolute Gasteiger partial charge is 0.389 e.